The SMILES string of the molecule is CSc1cccc(NC(=O)CNC(=O)c2ccccc2OC(F)F)c1. The summed E-state index contributed by atoms with van der Waals surface area (Å²) in [6.45, 7) is -3.34. The molecule has 0 aromatic heterocycles. The Balaban J connectivity index is 1.94. The van der Waals surface area contributed by atoms with Crippen LogP contribution in [0.25, 0.3) is 0 Å². The van der Waals surface area contributed by atoms with Gasteiger partial charge in [0.05, 0.1) is 12.1 Å². The molecule has 0 aliphatic carbocycles. The predicted octanol–water partition coefficient (Wildman–Crippen LogP) is 3.38. The van der Waals surface area contributed by atoms with Crippen molar-refractivity contribution in [2.45, 2.75) is 11.5 Å². The predicted molar refractivity (Wildman–Crippen MR) is 92.3 cm³/mol. The Bertz CT molecular complexity index is 756. The van der Waals surface area contributed by atoms with E-state index in [1.54, 1.807) is 18.2 Å². The summed E-state index contributed by atoms with van der Waals surface area (Å²) in [6, 6.07) is 12.8. The average Bonchev–Trinajstić information content (AvgIpc) is 2.60. The van der Waals surface area contributed by atoms with Crippen molar-refractivity contribution in [3.63, 3.8) is 0 Å². The normalized spacial score (nSPS) is 10.4. The summed E-state index contributed by atoms with van der Waals surface area (Å²) in [6.07, 6.45) is 1.92. The van der Waals surface area contributed by atoms with Crippen LogP contribution in [0.5, 0.6) is 5.75 Å². The zero-order chi connectivity index (χ0) is 18.2. The van der Waals surface area contributed by atoms with Gasteiger partial charge in [0.2, 0.25) is 5.91 Å². The number of thioether (sulfide) groups is 1. The van der Waals surface area contributed by atoms with Crippen molar-refractivity contribution in [3.8, 4) is 5.75 Å². The minimum atomic E-state index is -3.04. The Morgan fingerprint density at radius 2 is 1.92 bits per heavy atom. The molecule has 0 spiro atoms. The smallest absolute Gasteiger partial charge is 0.387 e. The minimum absolute atomic E-state index is 0.0695. The van der Waals surface area contributed by atoms with Crippen LogP contribution in [0, 0.1) is 0 Å². The number of alkyl halides is 2. The molecular weight excluding hydrogens is 350 g/mol. The molecule has 2 amide bonds. The van der Waals surface area contributed by atoms with Crippen molar-refractivity contribution >= 4 is 29.3 Å². The first kappa shape index (κ1) is 18.7. The quantitative estimate of drug-likeness (QED) is 0.737. The molecule has 0 unspecified atom stereocenters. The second kappa shape index (κ2) is 9.03. The van der Waals surface area contributed by atoms with E-state index in [9.17, 15) is 18.4 Å². The Labute approximate surface area is 147 Å². The van der Waals surface area contributed by atoms with E-state index in [0.29, 0.717) is 5.69 Å². The molecule has 2 aromatic carbocycles. The first-order valence-electron chi connectivity index (χ1n) is 7.25. The fraction of sp³-hybridized carbons (Fsp3) is 0.176. The van der Waals surface area contributed by atoms with Crippen LogP contribution in [0.1, 0.15) is 10.4 Å². The van der Waals surface area contributed by atoms with E-state index in [1.165, 1.54) is 36.0 Å². The number of carbonyl (C=O) groups excluding carboxylic acids is 2. The number of hydrogen-bond donors (Lipinski definition) is 2. The lowest BCUT2D eigenvalue weighted by atomic mass is 10.2. The number of rotatable bonds is 7. The Kier molecular flexibility index (Phi) is 6.76. The molecule has 2 rings (SSSR count). The van der Waals surface area contributed by atoms with Crippen molar-refractivity contribution in [2.75, 3.05) is 18.1 Å². The maximum absolute atomic E-state index is 12.4. The lowest BCUT2D eigenvalue weighted by molar-refractivity contribution is -0.115. The highest BCUT2D eigenvalue weighted by Gasteiger charge is 2.16. The Morgan fingerprint density at radius 1 is 1.16 bits per heavy atom. The molecular formula is C17H16F2N2O3S. The molecule has 0 atom stereocenters. The average molecular weight is 366 g/mol. The summed E-state index contributed by atoms with van der Waals surface area (Å²) in [5.74, 6) is -1.36. The van der Waals surface area contributed by atoms with E-state index >= 15 is 0 Å². The number of halogens is 2. The molecule has 0 saturated heterocycles. The molecule has 0 aliphatic heterocycles. The van der Waals surface area contributed by atoms with Gasteiger partial charge in [0, 0.05) is 10.6 Å². The summed E-state index contributed by atoms with van der Waals surface area (Å²) < 4.78 is 29.0. The van der Waals surface area contributed by atoms with E-state index < -0.39 is 18.4 Å². The van der Waals surface area contributed by atoms with Gasteiger partial charge in [-0.05, 0) is 36.6 Å². The van der Waals surface area contributed by atoms with Crippen LogP contribution in [0.2, 0.25) is 0 Å². The lowest BCUT2D eigenvalue weighted by Gasteiger charge is -2.11. The minimum Gasteiger partial charge on any atom is -0.434 e. The van der Waals surface area contributed by atoms with Gasteiger partial charge < -0.3 is 15.4 Å². The highest BCUT2D eigenvalue weighted by Crippen LogP contribution is 2.20. The van der Waals surface area contributed by atoms with E-state index in [1.807, 2.05) is 12.3 Å². The van der Waals surface area contributed by atoms with Gasteiger partial charge in [-0.15, -0.1) is 11.8 Å². The van der Waals surface area contributed by atoms with E-state index in [0.717, 1.165) is 4.90 Å². The second-order valence-electron chi connectivity index (χ2n) is 4.84. The van der Waals surface area contributed by atoms with Crippen molar-refractivity contribution in [1.82, 2.24) is 5.32 Å². The number of anilines is 1. The van der Waals surface area contributed by atoms with Crippen LogP contribution >= 0.6 is 11.8 Å². The number of hydrogen-bond acceptors (Lipinski definition) is 4. The molecule has 0 saturated carbocycles. The van der Waals surface area contributed by atoms with E-state index in [2.05, 4.69) is 15.4 Å². The maximum Gasteiger partial charge on any atom is 0.387 e. The third-order valence-corrected chi connectivity index (χ3v) is 3.84. The van der Waals surface area contributed by atoms with Gasteiger partial charge in [0.1, 0.15) is 5.75 Å². The molecule has 8 heteroatoms. The van der Waals surface area contributed by atoms with Crippen molar-refractivity contribution in [2.24, 2.45) is 0 Å². The number of ether oxygens (including phenoxy) is 1. The first-order valence-corrected chi connectivity index (χ1v) is 8.48. The van der Waals surface area contributed by atoms with Gasteiger partial charge in [0.15, 0.2) is 0 Å². The number of carbonyl (C=O) groups is 2. The molecule has 0 fully saturated rings. The molecule has 5 nitrogen and oxygen atoms in total. The monoisotopic (exact) mass is 366 g/mol. The van der Waals surface area contributed by atoms with Gasteiger partial charge in [0.25, 0.3) is 5.91 Å². The number of nitrogens with one attached hydrogen (secondary N) is 2. The van der Waals surface area contributed by atoms with Crippen molar-refractivity contribution in [3.05, 3.63) is 54.1 Å². The molecule has 0 heterocycles. The standard InChI is InChI=1S/C17H16F2N2O3S/c1-25-12-6-4-5-11(9-12)21-15(22)10-20-16(23)13-7-2-3-8-14(13)24-17(18)19/h2-9,17H,10H2,1H3,(H,20,23)(H,21,22). The van der Waals surface area contributed by atoms with Crippen LogP contribution in [-0.2, 0) is 4.79 Å². The van der Waals surface area contributed by atoms with Gasteiger partial charge in [-0.2, -0.15) is 8.78 Å². The van der Waals surface area contributed by atoms with Crippen molar-refractivity contribution < 1.29 is 23.1 Å². The van der Waals surface area contributed by atoms with E-state index in [4.69, 9.17) is 0 Å². The fourth-order valence-corrected chi connectivity index (χ4v) is 2.47. The highest BCUT2D eigenvalue weighted by molar-refractivity contribution is 7.98. The molecule has 0 bridgehead atoms. The first-order chi connectivity index (χ1) is 12.0. The summed E-state index contributed by atoms with van der Waals surface area (Å²) in [7, 11) is 0. The van der Waals surface area contributed by atoms with Crippen molar-refractivity contribution in [1.29, 1.82) is 0 Å². The summed E-state index contributed by atoms with van der Waals surface area (Å²) in [4.78, 5) is 25.0. The number of para-hydroxylation sites is 1. The second-order valence-corrected chi connectivity index (χ2v) is 5.72. The van der Waals surface area contributed by atoms with Crippen LogP contribution in [0.3, 0.4) is 0 Å². The Hall–Kier alpha value is -2.61. The molecule has 132 valence electrons. The molecule has 0 radical (unpaired) electrons. The van der Waals surface area contributed by atoms with E-state index in [-0.39, 0.29) is 17.9 Å². The summed E-state index contributed by atoms with van der Waals surface area (Å²) in [5, 5.41) is 5.03. The summed E-state index contributed by atoms with van der Waals surface area (Å²) >= 11 is 1.54. The van der Waals surface area contributed by atoms with Crippen LogP contribution < -0.4 is 15.4 Å². The van der Waals surface area contributed by atoms with Gasteiger partial charge in [-0.3, -0.25) is 9.59 Å². The zero-order valence-corrected chi connectivity index (χ0v) is 14.1. The third-order valence-electron chi connectivity index (χ3n) is 3.11. The molecule has 2 aromatic rings. The van der Waals surface area contributed by atoms with Gasteiger partial charge >= 0.3 is 6.61 Å². The Morgan fingerprint density at radius 3 is 2.64 bits per heavy atom. The molecule has 0 aliphatic rings. The largest absolute Gasteiger partial charge is 0.434 e. The summed E-state index contributed by atoms with van der Waals surface area (Å²) in [5.41, 5.74) is 0.535. The third kappa shape index (κ3) is 5.75. The van der Waals surface area contributed by atoms with Gasteiger partial charge in [-0.1, -0.05) is 18.2 Å². The lowest BCUT2D eigenvalue weighted by Crippen LogP contribution is -2.33. The van der Waals surface area contributed by atoms with Gasteiger partial charge in [-0.25, -0.2) is 0 Å². The highest BCUT2D eigenvalue weighted by atomic mass is 32.2. The van der Waals surface area contributed by atoms with Crippen LogP contribution in [0.15, 0.2) is 53.4 Å². The fourth-order valence-electron chi connectivity index (χ4n) is 2.01. The zero-order valence-electron chi connectivity index (χ0n) is 13.3. The molecule has 2 N–H and O–H groups in total. The number of benzene rings is 2. The molecule has 25 heavy (non-hydrogen) atoms. The van der Waals surface area contributed by atoms with Crippen LogP contribution in [-0.4, -0.2) is 31.2 Å². The maximum atomic E-state index is 12.4. The topological polar surface area (TPSA) is 67.4 Å². The van der Waals surface area contributed by atoms with Crippen LogP contribution in [0.4, 0.5) is 14.5 Å². The number of amides is 2.